The second-order valence-corrected chi connectivity index (χ2v) is 7.22. The number of hydrogen-bond acceptors (Lipinski definition) is 4. The maximum atomic E-state index is 8.97. The number of rotatable bonds is 6. The molecule has 0 radical (unpaired) electrons. The first-order valence-electron chi connectivity index (χ1n) is 9.02. The van der Waals surface area contributed by atoms with E-state index in [1.165, 1.54) is 37.7 Å². The summed E-state index contributed by atoms with van der Waals surface area (Å²) in [5.41, 5.74) is 1.57. The molecule has 4 rings (SSSR count). The SMILES string of the molecule is OCCOc1ccccc1CNC1C2CCOC2C12CCCC2. The zero-order chi connectivity index (χ0) is 15.7. The summed E-state index contributed by atoms with van der Waals surface area (Å²) in [5, 5.41) is 12.8. The van der Waals surface area contributed by atoms with Gasteiger partial charge in [0.25, 0.3) is 0 Å². The predicted octanol–water partition coefficient (Wildman–Crippen LogP) is 2.50. The minimum atomic E-state index is 0.0502. The minimum absolute atomic E-state index is 0.0502. The summed E-state index contributed by atoms with van der Waals surface area (Å²) in [6, 6.07) is 8.72. The van der Waals surface area contributed by atoms with Gasteiger partial charge in [-0.25, -0.2) is 0 Å². The molecule has 1 spiro atoms. The Morgan fingerprint density at radius 1 is 1.26 bits per heavy atom. The average molecular weight is 317 g/mol. The average Bonchev–Trinajstić information content (AvgIpc) is 3.22. The van der Waals surface area contributed by atoms with Crippen LogP contribution in [0.5, 0.6) is 5.75 Å². The van der Waals surface area contributed by atoms with Crippen LogP contribution < -0.4 is 10.1 Å². The third-order valence-electron chi connectivity index (χ3n) is 6.12. The lowest BCUT2D eigenvalue weighted by Gasteiger charge is -2.57. The molecular formula is C19H27NO3. The lowest BCUT2D eigenvalue weighted by atomic mass is 9.54. The van der Waals surface area contributed by atoms with Crippen molar-refractivity contribution in [1.82, 2.24) is 5.32 Å². The van der Waals surface area contributed by atoms with Crippen molar-refractivity contribution < 1.29 is 14.6 Å². The Hall–Kier alpha value is -1.10. The lowest BCUT2D eigenvalue weighted by molar-refractivity contribution is -0.130. The van der Waals surface area contributed by atoms with Crippen LogP contribution in [0.3, 0.4) is 0 Å². The van der Waals surface area contributed by atoms with Gasteiger partial charge in [-0.15, -0.1) is 0 Å². The molecule has 1 heterocycles. The van der Waals surface area contributed by atoms with E-state index in [0.717, 1.165) is 18.9 Å². The number of benzene rings is 1. The fourth-order valence-corrected chi connectivity index (χ4v) is 5.17. The van der Waals surface area contributed by atoms with Gasteiger partial charge in [-0.1, -0.05) is 31.0 Å². The van der Waals surface area contributed by atoms with E-state index in [1.54, 1.807) is 0 Å². The van der Waals surface area contributed by atoms with Gasteiger partial charge in [0.05, 0.1) is 12.7 Å². The van der Waals surface area contributed by atoms with Crippen LogP contribution in [0.1, 0.15) is 37.7 Å². The van der Waals surface area contributed by atoms with Crippen molar-refractivity contribution in [2.75, 3.05) is 19.8 Å². The summed E-state index contributed by atoms with van der Waals surface area (Å²) in [5.74, 6) is 1.58. The van der Waals surface area contributed by atoms with Crippen molar-refractivity contribution in [2.45, 2.75) is 50.8 Å². The molecule has 1 aliphatic heterocycles. The first kappa shape index (κ1) is 15.4. The largest absolute Gasteiger partial charge is 0.491 e. The molecule has 2 saturated carbocycles. The molecule has 4 heteroatoms. The lowest BCUT2D eigenvalue weighted by Crippen LogP contribution is -2.67. The third kappa shape index (κ3) is 2.57. The fourth-order valence-electron chi connectivity index (χ4n) is 5.17. The second kappa shape index (κ2) is 6.42. The summed E-state index contributed by atoms with van der Waals surface area (Å²) < 4.78 is 11.7. The van der Waals surface area contributed by atoms with E-state index in [0.29, 0.717) is 30.1 Å². The fraction of sp³-hybridized carbons (Fsp3) is 0.684. The summed E-state index contributed by atoms with van der Waals surface area (Å²) >= 11 is 0. The van der Waals surface area contributed by atoms with Gasteiger partial charge in [-0.05, 0) is 25.3 Å². The Morgan fingerprint density at radius 3 is 2.91 bits per heavy atom. The highest BCUT2D eigenvalue weighted by atomic mass is 16.5. The molecule has 4 nitrogen and oxygen atoms in total. The molecule has 3 atom stereocenters. The van der Waals surface area contributed by atoms with Gasteiger partial charge in [0.2, 0.25) is 0 Å². The van der Waals surface area contributed by atoms with Crippen LogP contribution in [0.2, 0.25) is 0 Å². The standard InChI is InChI=1S/C19H27NO3/c21-10-12-22-16-6-2-1-5-14(16)13-20-17-15-7-11-23-18(15)19(17)8-3-4-9-19/h1-2,5-6,15,17-18,20-21H,3-4,7-13H2. The van der Waals surface area contributed by atoms with Gasteiger partial charge < -0.3 is 19.9 Å². The van der Waals surface area contributed by atoms with E-state index < -0.39 is 0 Å². The molecule has 2 N–H and O–H groups in total. The van der Waals surface area contributed by atoms with E-state index in [1.807, 2.05) is 12.1 Å². The van der Waals surface area contributed by atoms with E-state index in [2.05, 4.69) is 17.4 Å². The van der Waals surface area contributed by atoms with Crippen molar-refractivity contribution in [3.05, 3.63) is 29.8 Å². The molecule has 1 aromatic carbocycles. The molecule has 1 aromatic rings. The van der Waals surface area contributed by atoms with Crippen molar-refractivity contribution in [3.63, 3.8) is 0 Å². The molecule has 3 fully saturated rings. The Kier molecular flexibility index (Phi) is 4.31. The maximum absolute atomic E-state index is 8.97. The van der Waals surface area contributed by atoms with Gasteiger partial charge in [-0.2, -0.15) is 0 Å². The van der Waals surface area contributed by atoms with Crippen LogP contribution in [0.25, 0.3) is 0 Å². The zero-order valence-corrected chi connectivity index (χ0v) is 13.7. The van der Waals surface area contributed by atoms with Crippen molar-refractivity contribution in [3.8, 4) is 5.75 Å². The molecular weight excluding hydrogens is 290 g/mol. The Labute approximate surface area is 138 Å². The molecule has 0 amide bonds. The second-order valence-electron chi connectivity index (χ2n) is 7.22. The molecule has 23 heavy (non-hydrogen) atoms. The van der Waals surface area contributed by atoms with Crippen molar-refractivity contribution in [2.24, 2.45) is 11.3 Å². The first-order chi connectivity index (χ1) is 11.3. The van der Waals surface area contributed by atoms with E-state index >= 15 is 0 Å². The summed E-state index contributed by atoms with van der Waals surface area (Å²) in [4.78, 5) is 0. The molecule has 3 aliphatic rings. The monoisotopic (exact) mass is 317 g/mol. The van der Waals surface area contributed by atoms with Crippen LogP contribution >= 0.6 is 0 Å². The third-order valence-corrected chi connectivity index (χ3v) is 6.12. The van der Waals surface area contributed by atoms with Gasteiger partial charge in [0.15, 0.2) is 0 Å². The number of hydrogen-bond donors (Lipinski definition) is 2. The molecule has 2 aliphatic carbocycles. The van der Waals surface area contributed by atoms with Crippen LogP contribution in [0.4, 0.5) is 0 Å². The van der Waals surface area contributed by atoms with Gasteiger partial charge in [0, 0.05) is 36.1 Å². The van der Waals surface area contributed by atoms with Gasteiger partial charge in [-0.3, -0.25) is 0 Å². The topological polar surface area (TPSA) is 50.7 Å². The maximum Gasteiger partial charge on any atom is 0.123 e. The highest BCUT2D eigenvalue weighted by Crippen LogP contribution is 2.60. The summed E-state index contributed by atoms with van der Waals surface area (Å²) in [7, 11) is 0. The zero-order valence-electron chi connectivity index (χ0n) is 13.7. The van der Waals surface area contributed by atoms with E-state index in [9.17, 15) is 0 Å². The van der Waals surface area contributed by atoms with Crippen LogP contribution in [0.15, 0.2) is 24.3 Å². The predicted molar refractivity (Wildman–Crippen MR) is 88.4 cm³/mol. The van der Waals surface area contributed by atoms with Crippen LogP contribution in [-0.4, -0.2) is 37.1 Å². The molecule has 0 aromatic heterocycles. The van der Waals surface area contributed by atoms with Gasteiger partial charge in [0.1, 0.15) is 12.4 Å². The number of fused-ring (bicyclic) bond motifs is 2. The minimum Gasteiger partial charge on any atom is -0.491 e. The van der Waals surface area contributed by atoms with E-state index in [4.69, 9.17) is 14.6 Å². The molecule has 3 unspecified atom stereocenters. The number of aliphatic hydroxyl groups excluding tert-OH is 1. The Balaban J connectivity index is 1.44. The van der Waals surface area contributed by atoms with Crippen molar-refractivity contribution >= 4 is 0 Å². The summed E-state index contributed by atoms with van der Waals surface area (Å²) in [6.07, 6.45) is 7.03. The number of nitrogens with one attached hydrogen (secondary N) is 1. The molecule has 0 bridgehead atoms. The van der Waals surface area contributed by atoms with Crippen molar-refractivity contribution in [1.29, 1.82) is 0 Å². The Bertz CT molecular complexity index is 541. The highest BCUT2D eigenvalue weighted by Gasteiger charge is 2.64. The number of ether oxygens (including phenoxy) is 2. The van der Waals surface area contributed by atoms with Crippen LogP contribution in [0, 0.1) is 11.3 Å². The smallest absolute Gasteiger partial charge is 0.123 e. The van der Waals surface area contributed by atoms with Gasteiger partial charge >= 0.3 is 0 Å². The summed E-state index contributed by atoms with van der Waals surface area (Å²) in [6.45, 7) is 2.17. The van der Waals surface area contributed by atoms with E-state index in [-0.39, 0.29) is 6.61 Å². The Morgan fingerprint density at radius 2 is 2.09 bits per heavy atom. The first-order valence-corrected chi connectivity index (χ1v) is 9.02. The normalized spacial score (nSPS) is 31.1. The quantitative estimate of drug-likeness (QED) is 0.846. The number of aliphatic hydroxyl groups is 1. The molecule has 1 saturated heterocycles. The van der Waals surface area contributed by atoms with Crippen LogP contribution in [-0.2, 0) is 11.3 Å². The molecule has 126 valence electrons. The highest BCUT2D eigenvalue weighted by molar-refractivity contribution is 5.33. The number of para-hydroxylation sites is 1.